The number of likely N-dealkylation sites (tertiary alicyclic amines) is 1. The summed E-state index contributed by atoms with van der Waals surface area (Å²) in [4.78, 5) is 14.1. The molecule has 1 aromatic rings. The molecule has 98 valence electrons. The summed E-state index contributed by atoms with van der Waals surface area (Å²) < 4.78 is 5.37. The Bertz CT molecular complexity index is 448. The van der Waals surface area contributed by atoms with Crippen molar-refractivity contribution in [2.45, 2.75) is 33.1 Å². The lowest BCUT2D eigenvalue weighted by atomic mass is 10.0. The number of ether oxygens (including phenoxy) is 1. The number of nitrogens with zero attached hydrogens (tertiary/aromatic N) is 1. The van der Waals surface area contributed by atoms with Crippen LogP contribution in [-0.2, 0) is 11.2 Å². The molecule has 1 amide bonds. The molecule has 3 nitrogen and oxygen atoms in total. The summed E-state index contributed by atoms with van der Waals surface area (Å²) in [7, 11) is 1.66. The SMILES string of the molecule is COc1cc(C)c(C)cc1CC(=O)N1CCCC1. The molecule has 0 saturated carbocycles. The molecule has 1 heterocycles. The highest BCUT2D eigenvalue weighted by atomic mass is 16.5. The van der Waals surface area contributed by atoms with Gasteiger partial charge in [0, 0.05) is 18.7 Å². The Balaban J connectivity index is 2.17. The maximum Gasteiger partial charge on any atom is 0.227 e. The van der Waals surface area contributed by atoms with Gasteiger partial charge in [0.25, 0.3) is 0 Å². The van der Waals surface area contributed by atoms with E-state index in [1.807, 2.05) is 11.0 Å². The Kier molecular flexibility index (Phi) is 3.90. The van der Waals surface area contributed by atoms with Crippen LogP contribution in [0, 0.1) is 13.8 Å². The summed E-state index contributed by atoms with van der Waals surface area (Å²) in [6.07, 6.45) is 2.72. The van der Waals surface area contributed by atoms with Gasteiger partial charge >= 0.3 is 0 Å². The molecule has 1 aliphatic rings. The van der Waals surface area contributed by atoms with Gasteiger partial charge < -0.3 is 9.64 Å². The molecular weight excluding hydrogens is 226 g/mol. The molecular formula is C15H21NO2. The minimum atomic E-state index is 0.217. The minimum absolute atomic E-state index is 0.217. The summed E-state index contributed by atoms with van der Waals surface area (Å²) in [5, 5.41) is 0. The third kappa shape index (κ3) is 2.66. The molecule has 0 aliphatic carbocycles. The first-order chi connectivity index (χ1) is 8.61. The molecule has 0 bridgehead atoms. The Labute approximate surface area is 109 Å². The second-order valence-corrected chi connectivity index (χ2v) is 5.01. The van der Waals surface area contributed by atoms with E-state index in [0.717, 1.165) is 37.2 Å². The molecule has 0 radical (unpaired) electrons. The quantitative estimate of drug-likeness (QED) is 0.821. The monoisotopic (exact) mass is 247 g/mol. The summed E-state index contributed by atoms with van der Waals surface area (Å²) in [5.74, 6) is 1.04. The fraction of sp³-hybridized carbons (Fsp3) is 0.533. The number of aryl methyl sites for hydroxylation is 2. The van der Waals surface area contributed by atoms with Crippen LogP contribution in [0.3, 0.4) is 0 Å². The van der Waals surface area contributed by atoms with E-state index in [2.05, 4.69) is 19.9 Å². The van der Waals surface area contributed by atoms with Gasteiger partial charge in [-0.2, -0.15) is 0 Å². The first-order valence-corrected chi connectivity index (χ1v) is 6.53. The van der Waals surface area contributed by atoms with Crippen molar-refractivity contribution >= 4 is 5.91 Å². The zero-order valence-electron chi connectivity index (χ0n) is 11.5. The van der Waals surface area contributed by atoms with E-state index in [4.69, 9.17) is 4.74 Å². The van der Waals surface area contributed by atoms with Crippen molar-refractivity contribution in [3.63, 3.8) is 0 Å². The topological polar surface area (TPSA) is 29.5 Å². The Morgan fingerprint density at radius 3 is 2.44 bits per heavy atom. The lowest BCUT2D eigenvalue weighted by molar-refractivity contribution is -0.129. The molecule has 1 aromatic carbocycles. The summed E-state index contributed by atoms with van der Waals surface area (Å²) in [6, 6.07) is 4.09. The van der Waals surface area contributed by atoms with Gasteiger partial charge in [0.2, 0.25) is 5.91 Å². The van der Waals surface area contributed by atoms with Crippen LogP contribution in [-0.4, -0.2) is 31.0 Å². The molecule has 1 fully saturated rings. The lowest BCUT2D eigenvalue weighted by Gasteiger charge is -2.17. The zero-order chi connectivity index (χ0) is 13.1. The summed E-state index contributed by atoms with van der Waals surface area (Å²) >= 11 is 0. The minimum Gasteiger partial charge on any atom is -0.496 e. The fourth-order valence-corrected chi connectivity index (χ4v) is 2.42. The number of hydrogen-bond donors (Lipinski definition) is 0. The molecule has 0 unspecified atom stereocenters. The van der Waals surface area contributed by atoms with E-state index in [0.29, 0.717) is 6.42 Å². The molecule has 1 aliphatic heterocycles. The van der Waals surface area contributed by atoms with Gasteiger partial charge in [-0.1, -0.05) is 6.07 Å². The van der Waals surface area contributed by atoms with Crippen molar-refractivity contribution in [2.75, 3.05) is 20.2 Å². The normalized spacial score (nSPS) is 14.9. The van der Waals surface area contributed by atoms with Crippen molar-refractivity contribution in [3.05, 3.63) is 28.8 Å². The number of carbonyl (C=O) groups excluding carboxylic acids is 1. The summed E-state index contributed by atoms with van der Waals surface area (Å²) in [5.41, 5.74) is 3.40. The Morgan fingerprint density at radius 2 is 1.83 bits per heavy atom. The van der Waals surface area contributed by atoms with Crippen molar-refractivity contribution in [3.8, 4) is 5.75 Å². The zero-order valence-corrected chi connectivity index (χ0v) is 11.5. The highest BCUT2D eigenvalue weighted by Crippen LogP contribution is 2.24. The molecule has 0 atom stereocenters. The average molecular weight is 247 g/mol. The van der Waals surface area contributed by atoms with Gasteiger partial charge in [-0.25, -0.2) is 0 Å². The second kappa shape index (κ2) is 5.42. The molecule has 0 N–H and O–H groups in total. The predicted octanol–water partition coefficient (Wildman–Crippen LogP) is 2.48. The molecule has 3 heteroatoms. The molecule has 1 saturated heterocycles. The predicted molar refractivity (Wildman–Crippen MR) is 72.0 cm³/mol. The van der Waals surface area contributed by atoms with Crippen molar-refractivity contribution in [1.29, 1.82) is 0 Å². The van der Waals surface area contributed by atoms with Crippen LogP contribution in [0.25, 0.3) is 0 Å². The van der Waals surface area contributed by atoms with Gasteiger partial charge in [-0.15, -0.1) is 0 Å². The maximum atomic E-state index is 12.1. The van der Waals surface area contributed by atoms with Crippen molar-refractivity contribution < 1.29 is 9.53 Å². The molecule has 0 spiro atoms. The van der Waals surface area contributed by atoms with E-state index in [1.165, 1.54) is 11.1 Å². The number of hydrogen-bond acceptors (Lipinski definition) is 2. The highest BCUT2D eigenvalue weighted by Gasteiger charge is 2.19. The van der Waals surface area contributed by atoms with Crippen LogP contribution >= 0.6 is 0 Å². The Morgan fingerprint density at radius 1 is 1.22 bits per heavy atom. The third-order valence-corrected chi connectivity index (χ3v) is 3.70. The van der Waals surface area contributed by atoms with Crippen LogP contribution in [0.2, 0.25) is 0 Å². The third-order valence-electron chi connectivity index (χ3n) is 3.70. The van der Waals surface area contributed by atoms with Gasteiger partial charge in [0.1, 0.15) is 5.75 Å². The highest BCUT2D eigenvalue weighted by molar-refractivity contribution is 5.80. The largest absolute Gasteiger partial charge is 0.496 e. The lowest BCUT2D eigenvalue weighted by Crippen LogP contribution is -2.29. The van der Waals surface area contributed by atoms with Crippen LogP contribution in [0.15, 0.2) is 12.1 Å². The number of carbonyl (C=O) groups is 1. The first kappa shape index (κ1) is 12.9. The fourth-order valence-electron chi connectivity index (χ4n) is 2.42. The van der Waals surface area contributed by atoms with Crippen LogP contribution in [0.4, 0.5) is 0 Å². The van der Waals surface area contributed by atoms with Gasteiger partial charge in [-0.3, -0.25) is 4.79 Å². The van der Waals surface area contributed by atoms with E-state index in [9.17, 15) is 4.79 Å². The van der Waals surface area contributed by atoms with Crippen LogP contribution in [0.1, 0.15) is 29.5 Å². The molecule has 18 heavy (non-hydrogen) atoms. The molecule has 2 rings (SSSR count). The maximum absolute atomic E-state index is 12.1. The van der Waals surface area contributed by atoms with Crippen LogP contribution < -0.4 is 4.74 Å². The number of rotatable bonds is 3. The van der Waals surface area contributed by atoms with E-state index in [1.54, 1.807) is 7.11 Å². The van der Waals surface area contributed by atoms with Gasteiger partial charge in [0.15, 0.2) is 0 Å². The number of amides is 1. The number of benzene rings is 1. The number of methoxy groups -OCH3 is 1. The standard InChI is InChI=1S/C15H21NO2/c1-11-8-13(14(18-3)9-12(11)2)10-15(17)16-6-4-5-7-16/h8-9H,4-7,10H2,1-3H3. The first-order valence-electron chi connectivity index (χ1n) is 6.53. The van der Waals surface area contributed by atoms with E-state index in [-0.39, 0.29) is 5.91 Å². The van der Waals surface area contributed by atoms with Gasteiger partial charge in [0.05, 0.1) is 13.5 Å². The summed E-state index contributed by atoms with van der Waals surface area (Å²) in [6.45, 7) is 5.94. The van der Waals surface area contributed by atoms with E-state index >= 15 is 0 Å². The Hall–Kier alpha value is -1.51. The van der Waals surface area contributed by atoms with Crippen molar-refractivity contribution in [2.24, 2.45) is 0 Å². The van der Waals surface area contributed by atoms with Crippen molar-refractivity contribution in [1.82, 2.24) is 4.90 Å². The second-order valence-electron chi connectivity index (χ2n) is 5.01. The smallest absolute Gasteiger partial charge is 0.227 e. The van der Waals surface area contributed by atoms with E-state index < -0.39 is 0 Å². The van der Waals surface area contributed by atoms with Crippen LogP contribution in [0.5, 0.6) is 5.75 Å². The van der Waals surface area contributed by atoms with Gasteiger partial charge in [-0.05, 0) is 43.9 Å². The average Bonchev–Trinajstić information content (AvgIpc) is 2.87. The molecule has 0 aromatic heterocycles.